The number of aliphatic hydroxyl groups is 1. The number of aliphatic hydroxyl groups excluding tert-OH is 1. The summed E-state index contributed by atoms with van der Waals surface area (Å²) in [7, 11) is 0. The van der Waals surface area contributed by atoms with Crippen molar-refractivity contribution < 1.29 is 5.11 Å². The van der Waals surface area contributed by atoms with Gasteiger partial charge >= 0.3 is 0 Å². The highest BCUT2D eigenvalue weighted by atomic mass is 79.9. The zero-order valence-electron chi connectivity index (χ0n) is 8.86. The molecule has 1 nitrogen and oxygen atoms in total. The SMILES string of the molecule is OCc1ccc(Sc2cccc(Cl)c2)c(Br)c1. The molecule has 2 aromatic carbocycles. The number of hydrogen-bond acceptors (Lipinski definition) is 2. The molecule has 0 heterocycles. The molecule has 0 unspecified atom stereocenters. The Morgan fingerprint density at radius 3 is 2.65 bits per heavy atom. The van der Waals surface area contributed by atoms with Gasteiger partial charge in [0.05, 0.1) is 6.61 Å². The van der Waals surface area contributed by atoms with E-state index in [4.69, 9.17) is 16.7 Å². The van der Waals surface area contributed by atoms with Crippen LogP contribution in [0.4, 0.5) is 0 Å². The van der Waals surface area contributed by atoms with Crippen LogP contribution < -0.4 is 0 Å². The molecule has 88 valence electrons. The summed E-state index contributed by atoms with van der Waals surface area (Å²) < 4.78 is 0.981. The molecule has 0 bridgehead atoms. The van der Waals surface area contributed by atoms with E-state index in [-0.39, 0.29) is 6.61 Å². The predicted molar refractivity (Wildman–Crippen MR) is 75.6 cm³/mol. The molecule has 0 aliphatic heterocycles. The Bertz CT molecular complexity index is 531. The third kappa shape index (κ3) is 3.49. The first-order valence-electron chi connectivity index (χ1n) is 5.02. The molecule has 0 radical (unpaired) electrons. The lowest BCUT2D eigenvalue weighted by molar-refractivity contribution is 0.281. The summed E-state index contributed by atoms with van der Waals surface area (Å²) in [6.45, 7) is 0.0563. The molecule has 0 aliphatic carbocycles. The molecule has 0 aromatic heterocycles. The van der Waals surface area contributed by atoms with Crippen LogP contribution in [0.1, 0.15) is 5.56 Å². The van der Waals surface area contributed by atoms with Gasteiger partial charge in [-0.2, -0.15) is 0 Å². The van der Waals surface area contributed by atoms with Crippen molar-refractivity contribution in [2.45, 2.75) is 16.4 Å². The molecule has 17 heavy (non-hydrogen) atoms. The van der Waals surface area contributed by atoms with Gasteiger partial charge in [-0.05, 0) is 51.8 Å². The van der Waals surface area contributed by atoms with Crippen LogP contribution in [-0.4, -0.2) is 5.11 Å². The van der Waals surface area contributed by atoms with Crippen molar-refractivity contribution in [2.75, 3.05) is 0 Å². The summed E-state index contributed by atoms with van der Waals surface area (Å²) in [5, 5.41) is 9.77. The third-order valence-corrected chi connectivity index (χ3v) is 4.42. The van der Waals surface area contributed by atoms with Gasteiger partial charge in [-0.25, -0.2) is 0 Å². The second-order valence-electron chi connectivity index (χ2n) is 3.48. The van der Waals surface area contributed by atoms with E-state index in [0.717, 1.165) is 24.8 Å². The molecule has 0 spiro atoms. The molecule has 0 fully saturated rings. The molecule has 0 aliphatic rings. The van der Waals surface area contributed by atoms with E-state index in [1.807, 2.05) is 42.5 Å². The van der Waals surface area contributed by atoms with E-state index < -0.39 is 0 Å². The highest BCUT2D eigenvalue weighted by molar-refractivity contribution is 9.10. The van der Waals surface area contributed by atoms with Gasteiger partial charge in [0.2, 0.25) is 0 Å². The van der Waals surface area contributed by atoms with E-state index in [0.29, 0.717) is 0 Å². The first-order valence-corrected chi connectivity index (χ1v) is 7.00. The summed E-state index contributed by atoms with van der Waals surface area (Å²) in [4.78, 5) is 2.19. The van der Waals surface area contributed by atoms with Crippen molar-refractivity contribution in [3.8, 4) is 0 Å². The van der Waals surface area contributed by atoms with Crippen molar-refractivity contribution >= 4 is 39.3 Å². The summed E-state index contributed by atoms with van der Waals surface area (Å²) in [5.41, 5.74) is 0.896. The third-order valence-electron chi connectivity index (χ3n) is 2.20. The minimum atomic E-state index is 0.0563. The van der Waals surface area contributed by atoms with Gasteiger partial charge < -0.3 is 5.11 Å². The Balaban J connectivity index is 2.24. The van der Waals surface area contributed by atoms with Crippen molar-refractivity contribution in [3.63, 3.8) is 0 Å². The van der Waals surface area contributed by atoms with Gasteiger partial charge in [0, 0.05) is 19.3 Å². The summed E-state index contributed by atoms with van der Waals surface area (Å²) in [6, 6.07) is 13.6. The Kier molecular flexibility index (Phi) is 4.51. The Morgan fingerprint density at radius 1 is 1.18 bits per heavy atom. The summed E-state index contributed by atoms with van der Waals surface area (Å²) in [5.74, 6) is 0. The molecular weight excluding hydrogens is 320 g/mol. The van der Waals surface area contributed by atoms with Crippen LogP contribution >= 0.6 is 39.3 Å². The van der Waals surface area contributed by atoms with Crippen LogP contribution in [0.25, 0.3) is 0 Å². The Hall–Kier alpha value is -0.480. The van der Waals surface area contributed by atoms with E-state index in [1.165, 1.54) is 0 Å². The predicted octanol–water partition coefficient (Wildman–Crippen LogP) is 4.75. The molecule has 0 saturated carbocycles. The van der Waals surface area contributed by atoms with Crippen LogP contribution in [0.3, 0.4) is 0 Å². The van der Waals surface area contributed by atoms with Crippen molar-refractivity contribution in [2.24, 2.45) is 0 Å². The summed E-state index contributed by atoms with van der Waals surface area (Å²) in [6.07, 6.45) is 0. The lowest BCUT2D eigenvalue weighted by atomic mass is 10.2. The summed E-state index contributed by atoms with van der Waals surface area (Å²) >= 11 is 11.1. The maximum absolute atomic E-state index is 9.03. The zero-order valence-corrected chi connectivity index (χ0v) is 12.0. The molecular formula is C13H10BrClOS. The molecule has 2 rings (SSSR count). The van der Waals surface area contributed by atoms with Gasteiger partial charge in [0.25, 0.3) is 0 Å². The van der Waals surface area contributed by atoms with Crippen molar-refractivity contribution in [3.05, 3.63) is 57.5 Å². The standard InChI is InChI=1S/C13H10BrClOS/c14-12-6-9(8-16)4-5-13(12)17-11-3-1-2-10(15)7-11/h1-7,16H,8H2. The topological polar surface area (TPSA) is 20.2 Å². The maximum atomic E-state index is 9.03. The average molecular weight is 330 g/mol. The van der Waals surface area contributed by atoms with Gasteiger partial charge in [-0.3, -0.25) is 0 Å². The average Bonchev–Trinajstić information content (AvgIpc) is 2.32. The number of hydrogen-bond donors (Lipinski definition) is 1. The second-order valence-corrected chi connectivity index (χ2v) is 5.89. The van der Waals surface area contributed by atoms with Crippen molar-refractivity contribution in [1.29, 1.82) is 0 Å². The van der Waals surface area contributed by atoms with Crippen LogP contribution in [0.15, 0.2) is 56.7 Å². The molecule has 0 amide bonds. The highest BCUT2D eigenvalue weighted by Gasteiger charge is 2.04. The van der Waals surface area contributed by atoms with Gasteiger partial charge in [-0.15, -0.1) is 0 Å². The van der Waals surface area contributed by atoms with Crippen LogP contribution in [-0.2, 0) is 6.61 Å². The zero-order chi connectivity index (χ0) is 12.3. The van der Waals surface area contributed by atoms with Crippen molar-refractivity contribution in [1.82, 2.24) is 0 Å². The fourth-order valence-electron chi connectivity index (χ4n) is 1.38. The largest absolute Gasteiger partial charge is 0.392 e. The molecule has 0 saturated heterocycles. The van der Waals surface area contributed by atoms with Crippen LogP contribution in [0.5, 0.6) is 0 Å². The van der Waals surface area contributed by atoms with Gasteiger partial charge in [0.15, 0.2) is 0 Å². The molecule has 0 atom stereocenters. The minimum Gasteiger partial charge on any atom is -0.392 e. The molecule has 2 aromatic rings. The quantitative estimate of drug-likeness (QED) is 0.877. The first kappa shape index (κ1) is 13.0. The fourth-order valence-corrected chi connectivity index (χ4v) is 3.19. The Morgan fingerprint density at radius 2 is 2.00 bits per heavy atom. The number of halogens is 2. The van der Waals surface area contributed by atoms with E-state index in [9.17, 15) is 0 Å². The van der Waals surface area contributed by atoms with E-state index in [2.05, 4.69) is 15.9 Å². The number of benzene rings is 2. The molecule has 4 heteroatoms. The fraction of sp³-hybridized carbons (Fsp3) is 0.0769. The first-order chi connectivity index (χ1) is 8.19. The van der Waals surface area contributed by atoms with E-state index in [1.54, 1.807) is 11.8 Å². The van der Waals surface area contributed by atoms with Crippen LogP contribution in [0, 0.1) is 0 Å². The second kappa shape index (κ2) is 5.91. The maximum Gasteiger partial charge on any atom is 0.0682 e. The number of rotatable bonds is 3. The molecule has 1 N–H and O–H groups in total. The van der Waals surface area contributed by atoms with E-state index >= 15 is 0 Å². The van der Waals surface area contributed by atoms with Crippen LogP contribution in [0.2, 0.25) is 5.02 Å². The normalized spacial score (nSPS) is 10.5. The Labute approximate surface area is 118 Å². The smallest absolute Gasteiger partial charge is 0.0682 e. The van der Waals surface area contributed by atoms with Gasteiger partial charge in [-0.1, -0.05) is 35.5 Å². The minimum absolute atomic E-state index is 0.0563. The lowest BCUT2D eigenvalue weighted by Gasteiger charge is -2.06. The lowest BCUT2D eigenvalue weighted by Crippen LogP contribution is -1.84. The monoisotopic (exact) mass is 328 g/mol. The highest BCUT2D eigenvalue weighted by Crippen LogP contribution is 2.34. The van der Waals surface area contributed by atoms with Gasteiger partial charge in [0.1, 0.15) is 0 Å².